The first kappa shape index (κ1) is 17.8. The van der Waals surface area contributed by atoms with Crippen molar-refractivity contribution in [1.82, 2.24) is 10.2 Å². The molecule has 1 fully saturated rings. The summed E-state index contributed by atoms with van der Waals surface area (Å²) in [7, 11) is 0. The van der Waals surface area contributed by atoms with E-state index in [1.165, 1.54) is 0 Å². The second-order valence-electron chi connectivity index (χ2n) is 8.55. The number of carbonyl (C=O) groups is 2. The molecular weight excluding hydrogens is 392 g/mol. The van der Waals surface area contributed by atoms with Crippen molar-refractivity contribution in [1.29, 1.82) is 0 Å². The highest BCUT2D eigenvalue weighted by atomic mass is 16.4. The van der Waals surface area contributed by atoms with E-state index in [1.54, 1.807) is 0 Å². The van der Waals surface area contributed by atoms with Crippen LogP contribution in [0.3, 0.4) is 0 Å². The second kappa shape index (κ2) is 9.96. The highest BCUT2D eigenvalue weighted by molar-refractivity contribution is 5.83. The Hall–Kier alpha value is -2.86. The highest BCUT2D eigenvalue weighted by Gasteiger charge is 2.39. The molecule has 1 saturated heterocycles. The van der Waals surface area contributed by atoms with Crippen LogP contribution in [-0.2, 0) is 21.4 Å². The van der Waals surface area contributed by atoms with Crippen LogP contribution in [0.2, 0.25) is 0 Å². The van der Waals surface area contributed by atoms with Crippen LogP contribution < -0.4 is 5.32 Å². The number of piperidine rings is 1. The summed E-state index contributed by atoms with van der Waals surface area (Å²) in [5.41, 5.74) is 0.597. The second-order valence-corrected chi connectivity index (χ2v) is 8.55. The number of nitrogens with one attached hydrogen (secondary N) is 1. The molecule has 1 aliphatic heterocycles. The van der Waals surface area contributed by atoms with Gasteiger partial charge in [-0.1, -0.05) is 56.3 Å². The van der Waals surface area contributed by atoms with Crippen LogP contribution in [0.25, 0.3) is 0 Å². The first-order valence-corrected chi connectivity index (χ1v) is 10.5. The smallest absolute Gasteiger partial charge is 0.322 e. The topological polar surface area (TPSA) is 89.9 Å². The fraction of sp³-hybridized carbons (Fsp3) is 0.440. The van der Waals surface area contributed by atoms with Crippen molar-refractivity contribution in [2.75, 3.05) is 26.2 Å². The monoisotopic (exact) mass is 428 g/mol. The summed E-state index contributed by atoms with van der Waals surface area (Å²) in [5, 5.41) is 21.7. The van der Waals surface area contributed by atoms with Gasteiger partial charge in [0.05, 0.1) is 11.4 Å². The normalized spacial score (nSPS) is 24.4. The minimum atomic E-state index is -1.10. The molecule has 1 heterocycles. The average Bonchev–Trinajstić information content (AvgIpc) is 2.82. The van der Waals surface area contributed by atoms with E-state index >= 15 is 0 Å². The van der Waals surface area contributed by atoms with Crippen LogP contribution in [-0.4, -0.2) is 53.2 Å². The maximum atomic E-state index is 12.8. The Balaban J connectivity index is 1.80. The van der Waals surface area contributed by atoms with E-state index in [0.717, 1.165) is 5.56 Å². The number of carboxylic acids is 1. The van der Waals surface area contributed by atoms with Gasteiger partial charge in [0.15, 0.2) is 0 Å². The Morgan fingerprint density at radius 3 is 2.74 bits per heavy atom. The third-order valence-electron chi connectivity index (χ3n) is 6.34. The third-order valence-corrected chi connectivity index (χ3v) is 6.34. The number of aromatic hydroxyl groups is 1. The molecule has 1 amide bonds. The SMILES string of the molecule is [2H]c1c([2H])c(O)c([2H])c([C@]2(C)CCN(C[C@H](Cc3ccccc3)C(=O)NCC(=O)O)C[C@@H]2C)c1[2H]. The summed E-state index contributed by atoms with van der Waals surface area (Å²) >= 11 is 0. The molecule has 0 aliphatic carbocycles. The predicted molar refractivity (Wildman–Crippen MR) is 120 cm³/mol. The lowest BCUT2D eigenvalue weighted by atomic mass is 9.68. The van der Waals surface area contributed by atoms with Crippen molar-refractivity contribution in [3.8, 4) is 5.75 Å². The van der Waals surface area contributed by atoms with Crippen LogP contribution in [0.4, 0.5) is 0 Å². The van der Waals surface area contributed by atoms with E-state index < -0.39 is 35.6 Å². The van der Waals surface area contributed by atoms with Crippen LogP contribution >= 0.6 is 0 Å². The standard InChI is InChI=1S/C25H32N2O4/c1-18-16-27(12-11-25(18,2)21-9-6-10-22(28)14-21)17-20(24(31)26-15-23(29)30)13-19-7-4-3-5-8-19/h3-10,14,18,20,28H,11-13,15-17H2,1-2H3,(H,26,31)(H,29,30)/t18-,20-,25+/m0/s1/i6D,9D,10D,14D. The summed E-state index contributed by atoms with van der Waals surface area (Å²) in [6, 6.07) is 8.18. The lowest BCUT2D eigenvalue weighted by molar-refractivity contribution is -0.138. The number of phenols is 1. The number of nitrogens with zero attached hydrogens (tertiary/aromatic N) is 1. The van der Waals surface area contributed by atoms with E-state index in [2.05, 4.69) is 10.2 Å². The van der Waals surface area contributed by atoms with Gasteiger partial charge in [-0.3, -0.25) is 9.59 Å². The number of rotatable bonds is 8. The maximum absolute atomic E-state index is 12.8. The quantitative estimate of drug-likeness (QED) is 0.601. The average molecular weight is 429 g/mol. The van der Waals surface area contributed by atoms with Crippen LogP contribution in [0.1, 0.15) is 36.9 Å². The molecule has 2 aromatic rings. The van der Waals surface area contributed by atoms with E-state index in [9.17, 15) is 14.7 Å². The van der Waals surface area contributed by atoms with E-state index in [1.807, 2.05) is 44.2 Å². The molecule has 3 atom stereocenters. The molecule has 0 aromatic heterocycles. The number of benzene rings is 2. The molecule has 3 rings (SSSR count). The summed E-state index contributed by atoms with van der Waals surface area (Å²) in [6.07, 6.45) is 1.00. The molecular formula is C25H32N2O4. The first-order chi connectivity index (χ1) is 16.5. The number of phenolic OH excluding ortho intramolecular Hbond substituents is 1. The molecule has 0 bridgehead atoms. The molecule has 1 aliphatic rings. The van der Waals surface area contributed by atoms with Crippen molar-refractivity contribution in [3.05, 3.63) is 65.6 Å². The van der Waals surface area contributed by atoms with Crippen molar-refractivity contribution in [3.63, 3.8) is 0 Å². The summed E-state index contributed by atoms with van der Waals surface area (Å²) in [6.45, 7) is 5.00. The number of carbonyl (C=O) groups excluding carboxylic acids is 1. The first-order valence-electron chi connectivity index (χ1n) is 12.5. The number of hydrogen-bond acceptors (Lipinski definition) is 4. The number of amides is 1. The van der Waals surface area contributed by atoms with Crippen molar-refractivity contribution >= 4 is 11.9 Å². The zero-order valence-corrected chi connectivity index (χ0v) is 17.9. The highest BCUT2D eigenvalue weighted by Crippen LogP contribution is 2.40. The van der Waals surface area contributed by atoms with Gasteiger partial charge < -0.3 is 20.4 Å². The maximum Gasteiger partial charge on any atom is 0.322 e. The minimum Gasteiger partial charge on any atom is -0.508 e. The van der Waals surface area contributed by atoms with Gasteiger partial charge in [-0.15, -0.1) is 0 Å². The third kappa shape index (κ3) is 5.85. The number of aliphatic carboxylic acids is 1. The number of likely N-dealkylation sites (tertiary alicyclic amines) is 1. The Labute approximate surface area is 189 Å². The Morgan fingerprint density at radius 2 is 2.06 bits per heavy atom. The van der Waals surface area contributed by atoms with Crippen LogP contribution in [0.15, 0.2) is 54.5 Å². The molecule has 3 N–H and O–H groups in total. The molecule has 166 valence electrons. The fourth-order valence-electron chi connectivity index (χ4n) is 4.23. The van der Waals surface area contributed by atoms with Crippen LogP contribution in [0, 0.1) is 11.8 Å². The van der Waals surface area contributed by atoms with Gasteiger partial charge in [-0.2, -0.15) is 0 Å². The largest absolute Gasteiger partial charge is 0.508 e. The van der Waals surface area contributed by atoms with Gasteiger partial charge in [-0.25, -0.2) is 0 Å². The molecule has 2 aromatic carbocycles. The number of hydrogen-bond donors (Lipinski definition) is 3. The zero-order valence-electron chi connectivity index (χ0n) is 21.9. The molecule has 6 nitrogen and oxygen atoms in total. The minimum absolute atomic E-state index is 0.0701. The number of carboxylic acid groups (broad SMARTS) is 1. The lowest BCUT2D eigenvalue weighted by Crippen LogP contribution is -2.50. The van der Waals surface area contributed by atoms with Gasteiger partial charge in [0.25, 0.3) is 0 Å². The molecule has 6 heteroatoms. The molecule has 0 unspecified atom stereocenters. The van der Waals surface area contributed by atoms with Crippen molar-refractivity contribution < 1.29 is 25.3 Å². The zero-order chi connectivity index (χ0) is 25.9. The van der Waals surface area contributed by atoms with Gasteiger partial charge in [-0.05, 0) is 53.9 Å². The summed E-state index contributed by atoms with van der Waals surface area (Å²) < 4.78 is 32.6. The molecule has 31 heavy (non-hydrogen) atoms. The van der Waals surface area contributed by atoms with E-state index in [-0.39, 0.29) is 35.5 Å². The summed E-state index contributed by atoms with van der Waals surface area (Å²) in [5.74, 6) is -2.53. The van der Waals surface area contributed by atoms with E-state index in [4.69, 9.17) is 10.6 Å². The van der Waals surface area contributed by atoms with Gasteiger partial charge in [0, 0.05) is 13.1 Å². The Morgan fingerprint density at radius 1 is 1.32 bits per heavy atom. The van der Waals surface area contributed by atoms with Gasteiger partial charge in [0.2, 0.25) is 5.91 Å². The predicted octanol–water partition coefficient (Wildman–Crippen LogP) is 3.05. The Kier molecular flexibility index (Phi) is 5.72. The Bertz CT molecular complexity index is 1070. The van der Waals surface area contributed by atoms with Crippen LogP contribution in [0.5, 0.6) is 5.75 Å². The van der Waals surface area contributed by atoms with Gasteiger partial charge in [0.1, 0.15) is 12.3 Å². The molecule has 0 spiro atoms. The van der Waals surface area contributed by atoms with Crippen molar-refractivity contribution in [2.45, 2.75) is 32.1 Å². The van der Waals surface area contributed by atoms with Gasteiger partial charge >= 0.3 is 5.97 Å². The molecule has 0 radical (unpaired) electrons. The van der Waals surface area contributed by atoms with Crippen molar-refractivity contribution in [2.24, 2.45) is 11.8 Å². The molecule has 0 saturated carbocycles. The lowest BCUT2D eigenvalue weighted by Gasteiger charge is -2.45. The summed E-state index contributed by atoms with van der Waals surface area (Å²) in [4.78, 5) is 25.9. The fourth-order valence-corrected chi connectivity index (χ4v) is 4.23. The van der Waals surface area contributed by atoms with E-state index in [0.29, 0.717) is 32.5 Å².